The molecule has 1 amide bonds. The van der Waals surface area contributed by atoms with Crippen molar-refractivity contribution >= 4 is 27.8 Å². The molecule has 0 bridgehead atoms. The highest BCUT2D eigenvalue weighted by molar-refractivity contribution is 9.10. The summed E-state index contributed by atoms with van der Waals surface area (Å²) in [5.41, 5.74) is 0.348. The summed E-state index contributed by atoms with van der Waals surface area (Å²) in [6, 6.07) is 11.1. The van der Waals surface area contributed by atoms with Gasteiger partial charge in [-0.2, -0.15) is 0 Å². The van der Waals surface area contributed by atoms with Gasteiger partial charge in [-0.05, 0) is 48.2 Å². The summed E-state index contributed by atoms with van der Waals surface area (Å²) in [7, 11) is 0. The average Bonchev–Trinajstić information content (AvgIpc) is 3.44. The number of aliphatic carboxylic acids is 1. The van der Waals surface area contributed by atoms with Gasteiger partial charge in [-0.15, -0.1) is 13.2 Å². The smallest absolute Gasteiger partial charge is 0.480 e. The van der Waals surface area contributed by atoms with Crippen LogP contribution in [0.2, 0.25) is 0 Å². The highest BCUT2D eigenvalue weighted by Gasteiger charge is 2.52. The topological polar surface area (TPSA) is 75.6 Å². The maximum absolute atomic E-state index is 12.8. The fourth-order valence-corrected chi connectivity index (χ4v) is 3.36. The molecule has 0 aliphatic heterocycles. The first-order valence-corrected chi connectivity index (χ1v) is 9.53. The number of carboxylic acids is 1. The van der Waals surface area contributed by atoms with E-state index in [1.165, 1.54) is 12.1 Å². The van der Waals surface area contributed by atoms with E-state index in [-0.39, 0.29) is 12.2 Å². The average molecular weight is 472 g/mol. The van der Waals surface area contributed by atoms with E-state index in [4.69, 9.17) is 0 Å². The van der Waals surface area contributed by atoms with Gasteiger partial charge in [0.2, 0.25) is 5.91 Å². The summed E-state index contributed by atoms with van der Waals surface area (Å²) in [4.78, 5) is 24.4. The molecule has 1 aliphatic rings. The van der Waals surface area contributed by atoms with Gasteiger partial charge >= 0.3 is 12.3 Å². The Morgan fingerprint density at radius 1 is 1.10 bits per heavy atom. The zero-order valence-electron chi connectivity index (χ0n) is 15.0. The molecule has 1 aliphatic carbocycles. The molecule has 0 radical (unpaired) electrons. The first kappa shape index (κ1) is 21.2. The Kier molecular flexibility index (Phi) is 5.88. The molecule has 29 heavy (non-hydrogen) atoms. The number of carbonyl (C=O) groups is 2. The Morgan fingerprint density at radius 3 is 2.17 bits per heavy atom. The van der Waals surface area contributed by atoms with Crippen LogP contribution in [0.5, 0.6) is 5.75 Å². The first-order valence-electron chi connectivity index (χ1n) is 8.74. The molecule has 1 unspecified atom stereocenters. The van der Waals surface area contributed by atoms with Crippen LogP contribution in [-0.2, 0) is 21.4 Å². The predicted octanol–water partition coefficient (Wildman–Crippen LogP) is 4.19. The van der Waals surface area contributed by atoms with Gasteiger partial charge < -0.3 is 15.2 Å². The Bertz CT molecular complexity index is 893. The SMILES string of the molecule is O=C(O)C(Cc1ccc(Br)cc1)NC(=O)C1(c2ccc(OC(F)(F)F)cc2)CC1. The second kappa shape index (κ2) is 8.06. The zero-order chi connectivity index (χ0) is 21.2. The standard InChI is InChI=1S/C20H17BrF3NO4/c21-14-5-1-12(2-6-14)11-16(17(26)27)25-18(28)19(9-10-19)13-3-7-15(8-4-13)29-20(22,23)24/h1-8,16H,9-11H2,(H,25,28)(H,26,27). The Morgan fingerprint density at radius 2 is 1.69 bits per heavy atom. The zero-order valence-corrected chi connectivity index (χ0v) is 16.6. The summed E-state index contributed by atoms with van der Waals surface area (Å²) in [6.45, 7) is 0. The van der Waals surface area contributed by atoms with Gasteiger partial charge in [0.25, 0.3) is 0 Å². The second-order valence-corrected chi connectivity index (χ2v) is 7.76. The van der Waals surface area contributed by atoms with Crippen LogP contribution in [0.25, 0.3) is 0 Å². The van der Waals surface area contributed by atoms with Crippen LogP contribution in [0.15, 0.2) is 53.0 Å². The Labute approximate surface area is 173 Å². The van der Waals surface area contributed by atoms with Crippen LogP contribution in [0.3, 0.4) is 0 Å². The van der Waals surface area contributed by atoms with Gasteiger partial charge in [-0.3, -0.25) is 4.79 Å². The van der Waals surface area contributed by atoms with Crippen molar-refractivity contribution in [1.82, 2.24) is 5.32 Å². The first-order chi connectivity index (χ1) is 13.6. The molecule has 9 heteroatoms. The molecule has 1 fully saturated rings. The van der Waals surface area contributed by atoms with Crippen molar-refractivity contribution in [3.63, 3.8) is 0 Å². The molecule has 0 spiro atoms. The van der Waals surface area contributed by atoms with Crippen LogP contribution in [0.1, 0.15) is 24.0 Å². The molecular formula is C20H17BrF3NO4. The van der Waals surface area contributed by atoms with Crippen molar-refractivity contribution in [2.75, 3.05) is 0 Å². The Balaban J connectivity index is 1.71. The molecule has 3 rings (SSSR count). The summed E-state index contributed by atoms with van der Waals surface area (Å²) < 4.78 is 41.6. The summed E-state index contributed by atoms with van der Waals surface area (Å²) >= 11 is 3.30. The van der Waals surface area contributed by atoms with Gasteiger partial charge in [-0.1, -0.05) is 40.2 Å². The van der Waals surface area contributed by atoms with Gasteiger partial charge in [-0.25, -0.2) is 4.79 Å². The number of carboxylic acid groups (broad SMARTS) is 1. The number of alkyl halides is 3. The number of benzene rings is 2. The summed E-state index contributed by atoms with van der Waals surface area (Å²) in [5.74, 6) is -1.99. The van der Waals surface area contributed by atoms with Crippen molar-refractivity contribution < 1.29 is 32.6 Å². The third-order valence-corrected chi connectivity index (χ3v) is 5.31. The quantitative estimate of drug-likeness (QED) is 0.634. The van der Waals surface area contributed by atoms with Crippen LogP contribution >= 0.6 is 15.9 Å². The van der Waals surface area contributed by atoms with Crippen LogP contribution in [0, 0.1) is 0 Å². The molecule has 0 saturated heterocycles. The van der Waals surface area contributed by atoms with Crippen molar-refractivity contribution in [2.24, 2.45) is 0 Å². The predicted molar refractivity (Wildman–Crippen MR) is 101 cm³/mol. The fourth-order valence-electron chi connectivity index (χ4n) is 3.10. The van der Waals surface area contributed by atoms with Gasteiger partial charge in [0.1, 0.15) is 11.8 Å². The number of hydrogen-bond donors (Lipinski definition) is 2. The lowest BCUT2D eigenvalue weighted by Crippen LogP contribution is -2.46. The molecule has 1 atom stereocenters. The largest absolute Gasteiger partial charge is 0.573 e. The van der Waals surface area contributed by atoms with E-state index in [2.05, 4.69) is 26.0 Å². The third-order valence-electron chi connectivity index (χ3n) is 4.78. The highest BCUT2D eigenvalue weighted by Crippen LogP contribution is 2.49. The highest BCUT2D eigenvalue weighted by atomic mass is 79.9. The van der Waals surface area contributed by atoms with E-state index >= 15 is 0 Å². The summed E-state index contributed by atoms with van der Waals surface area (Å²) in [5, 5.41) is 12.1. The van der Waals surface area contributed by atoms with E-state index in [1.54, 1.807) is 24.3 Å². The van der Waals surface area contributed by atoms with Crippen LogP contribution < -0.4 is 10.1 Å². The molecular weight excluding hydrogens is 455 g/mol. The minimum absolute atomic E-state index is 0.114. The van der Waals surface area contributed by atoms with Crippen molar-refractivity contribution in [3.8, 4) is 5.75 Å². The molecule has 2 aromatic carbocycles. The number of halogens is 4. The van der Waals surface area contributed by atoms with Gasteiger partial charge in [0.05, 0.1) is 5.41 Å². The molecule has 2 aromatic rings. The number of hydrogen-bond acceptors (Lipinski definition) is 3. The minimum Gasteiger partial charge on any atom is -0.480 e. The number of carbonyl (C=O) groups excluding carboxylic acids is 1. The molecule has 0 heterocycles. The maximum atomic E-state index is 12.8. The monoisotopic (exact) mass is 471 g/mol. The Hall–Kier alpha value is -2.55. The molecule has 2 N–H and O–H groups in total. The number of ether oxygens (including phenoxy) is 1. The van der Waals surface area contributed by atoms with Crippen molar-refractivity contribution in [1.29, 1.82) is 0 Å². The normalized spacial score (nSPS) is 16.0. The van der Waals surface area contributed by atoms with Gasteiger partial charge in [0.15, 0.2) is 0 Å². The van der Waals surface area contributed by atoms with Crippen LogP contribution in [-0.4, -0.2) is 29.4 Å². The fraction of sp³-hybridized carbons (Fsp3) is 0.300. The van der Waals surface area contributed by atoms with E-state index in [0.717, 1.165) is 22.2 Å². The lowest BCUT2D eigenvalue weighted by atomic mass is 9.94. The van der Waals surface area contributed by atoms with E-state index in [9.17, 15) is 27.9 Å². The van der Waals surface area contributed by atoms with E-state index in [1.807, 2.05) is 0 Å². The summed E-state index contributed by atoms with van der Waals surface area (Å²) in [6.07, 6.45) is -3.70. The number of nitrogens with one attached hydrogen (secondary N) is 1. The molecule has 0 aromatic heterocycles. The number of amides is 1. The maximum Gasteiger partial charge on any atom is 0.573 e. The second-order valence-electron chi connectivity index (χ2n) is 6.85. The molecule has 154 valence electrons. The van der Waals surface area contributed by atoms with Crippen LogP contribution in [0.4, 0.5) is 13.2 Å². The number of rotatable bonds is 7. The lowest BCUT2D eigenvalue weighted by Gasteiger charge is -2.20. The van der Waals surface area contributed by atoms with Gasteiger partial charge in [0, 0.05) is 10.9 Å². The van der Waals surface area contributed by atoms with E-state index in [0.29, 0.717) is 18.4 Å². The molecule has 5 nitrogen and oxygen atoms in total. The lowest BCUT2D eigenvalue weighted by molar-refractivity contribution is -0.274. The van der Waals surface area contributed by atoms with Crippen molar-refractivity contribution in [3.05, 3.63) is 64.1 Å². The van der Waals surface area contributed by atoms with Crippen molar-refractivity contribution in [2.45, 2.75) is 37.1 Å². The van der Waals surface area contributed by atoms with E-state index < -0.39 is 29.7 Å². The third kappa shape index (κ3) is 5.29. The molecule has 1 saturated carbocycles. The minimum atomic E-state index is -4.79.